The highest BCUT2D eigenvalue weighted by Gasteiger charge is 2.19. The molecule has 0 aromatic heterocycles. The van der Waals surface area contributed by atoms with Crippen LogP contribution >= 0.6 is 0 Å². The Morgan fingerprint density at radius 2 is 1.65 bits per heavy atom. The first-order valence-electron chi connectivity index (χ1n) is 7.92. The van der Waals surface area contributed by atoms with E-state index in [1.54, 1.807) is 6.07 Å². The van der Waals surface area contributed by atoms with Gasteiger partial charge in [0.05, 0.1) is 12.7 Å². The van der Waals surface area contributed by atoms with Crippen LogP contribution in [0.25, 0.3) is 11.1 Å². The summed E-state index contributed by atoms with van der Waals surface area (Å²) < 4.78 is 38.8. The van der Waals surface area contributed by atoms with Crippen LogP contribution in [-0.4, -0.2) is 13.4 Å². The number of benzene rings is 3. The summed E-state index contributed by atoms with van der Waals surface area (Å²) in [4.78, 5) is 11.3. The second kappa shape index (κ2) is 7.78. The number of methoxy groups -OCH3 is 1. The summed E-state index contributed by atoms with van der Waals surface area (Å²) in [6.45, 7) is 0.204. The van der Waals surface area contributed by atoms with Crippen molar-refractivity contribution in [2.24, 2.45) is 0 Å². The zero-order chi connectivity index (χ0) is 18.5. The number of halogens is 2. The molecule has 5 heteroatoms. The molecule has 26 heavy (non-hydrogen) atoms. The van der Waals surface area contributed by atoms with Crippen molar-refractivity contribution < 1.29 is 23.0 Å². The average molecular weight is 354 g/mol. The highest BCUT2D eigenvalue weighted by molar-refractivity contribution is 5.86. The van der Waals surface area contributed by atoms with Crippen molar-refractivity contribution in [1.29, 1.82) is 0 Å². The SMILES string of the molecule is COc1c(C=O)ccc(-c2ccc(F)cc2F)c1OCc1ccccc1. The number of hydrogen-bond acceptors (Lipinski definition) is 3. The Labute approximate surface area is 149 Å². The second-order valence-corrected chi connectivity index (χ2v) is 5.58. The summed E-state index contributed by atoms with van der Waals surface area (Å²) in [5.74, 6) is -0.964. The van der Waals surface area contributed by atoms with Gasteiger partial charge < -0.3 is 9.47 Å². The Hall–Kier alpha value is -3.21. The fourth-order valence-electron chi connectivity index (χ4n) is 2.67. The van der Waals surface area contributed by atoms with E-state index in [9.17, 15) is 13.6 Å². The highest BCUT2D eigenvalue weighted by atomic mass is 19.1. The summed E-state index contributed by atoms with van der Waals surface area (Å²) in [6, 6.07) is 15.8. The van der Waals surface area contributed by atoms with E-state index >= 15 is 0 Å². The predicted molar refractivity (Wildman–Crippen MR) is 94.5 cm³/mol. The number of aldehydes is 1. The van der Waals surface area contributed by atoms with E-state index in [0.717, 1.165) is 11.6 Å². The predicted octanol–water partition coefficient (Wildman–Crippen LogP) is 5.03. The minimum absolute atomic E-state index is 0.158. The van der Waals surface area contributed by atoms with E-state index in [2.05, 4.69) is 0 Å². The van der Waals surface area contributed by atoms with Gasteiger partial charge in [-0.25, -0.2) is 8.78 Å². The number of hydrogen-bond donors (Lipinski definition) is 0. The van der Waals surface area contributed by atoms with Crippen LogP contribution in [0.2, 0.25) is 0 Å². The molecule has 0 unspecified atom stereocenters. The maximum Gasteiger partial charge on any atom is 0.171 e. The fraction of sp³-hybridized carbons (Fsp3) is 0.0952. The summed E-state index contributed by atoms with van der Waals surface area (Å²) >= 11 is 0. The molecule has 0 N–H and O–H groups in total. The Bertz CT molecular complexity index is 924. The van der Waals surface area contributed by atoms with Crippen LogP contribution in [-0.2, 0) is 6.61 Å². The summed E-state index contributed by atoms with van der Waals surface area (Å²) in [5, 5.41) is 0. The summed E-state index contributed by atoms with van der Waals surface area (Å²) in [6.07, 6.45) is 0.638. The first kappa shape index (κ1) is 17.6. The minimum atomic E-state index is -0.726. The Kier molecular flexibility index (Phi) is 5.27. The molecule has 0 fully saturated rings. The lowest BCUT2D eigenvalue weighted by atomic mass is 10.0. The number of rotatable bonds is 6. The van der Waals surface area contributed by atoms with Crippen LogP contribution in [0, 0.1) is 11.6 Å². The quantitative estimate of drug-likeness (QED) is 0.582. The average Bonchev–Trinajstić information content (AvgIpc) is 2.66. The zero-order valence-corrected chi connectivity index (χ0v) is 14.0. The van der Waals surface area contributed by atoms with Crippen LogP contribution in [0.4, 0.5) is 8.78 Å². The van der Waals surface area contributed by atoms with E-state index in [1.807, 2.05) is 30.3 Å². The van der Waals surface area contributed by atoms with Gasteiger partial charge in [0.15, 0.2) is 17.8 Å². The normalized spacial score (nSPS) is 10.4. The van der Waals surface area contributed by atoms with Crippen LogP contribution in [0.15, 0.2) is 60.7 Å². The lowest BCUT2D eigenvalue weighted by molar-refractivity contribution is 0.111. The van der Waals surface area contributed by atoms with Gasteiger partial charge >= 0.3 is 0 Å². The molecule has 3 aromatic carbocycles. The Morgan fingerprint density at radius 1 is 0.923 bits per heavy atom. The van der Waals surface area contributed by atoms with Crippen LogP contribution < -0.4 is 9.47 Å². The third-order valence-electron chi connectivity index (χ3n) is 3.92. The van der Waals surface area contributed by atoms with Gasteiger partial charge in [0.25, 0.3) is 0 Å². The van der Waals surface area contributed by atoms with E-state index in [0.29, 0.717) is 11.8 Å². The van der Waals surface area contributed by atoms with Crippen molar-refractivity contribution >= 4 is 6.29 Å². The maximum atomic E-state index is 14.3. The van der Waals surface area contributed by atoms with Crippen LogP contribution in [0.1, 0.15) is 15.9 Å². The Morgan fingerprint density at radius 3 is 2.31 bits per heavy atom. The fourth-order valence-corrected chi connectivity index (χ4v) is 2.67. The molecular weight excluding hydrogens is 338 g/mol. The highest BCUT2D eigenvalue weighted by Crippen LogP contribution is 2.41. The number of ether oxygens (including phenoxy) is 2. The monoisotopic (exact) mass is 354 g/mol. The standard InChI is InChI=1S/C21H16F2O3/c1-25-20-15(12-24)7-9-18(17-10-8-16(22)11-19(17)23)21(20)26-13-14-5-3-2-4-6-14/h2-12H,13H2,1H3. The second-order valence-electron chi connectivity index (χ2n) is 5.58. The first-order chi connectivity index (χ1) is 12.6. The molecule has 0 bridgehead atoms. The molecule has 0 aliphatic heterocycles. The van der Waals surface area contributed by atoms with Crippen molar-refractivity contribution in [3.8, 4) is 22.6 Å². The minimum Gasteiger partial charge on any atom is -0.492 e. The lowest BCUT2D eigenvalue weighted by Crippen LogP contribution is -2.02. The molecule has 132 valence electrons. The topological polar surface area (TPSA) is 35.5 Å². The first-order valence-corrected chi connectivity index (χ1v) is 7.92. The molecule has 0 aliphatic rings. The molecule has 0 amide bonds. The van der Waals surface area contributed by atoms with Gasteiger partial charge in [-0.15, -0.1) is 0 Å². The van der Waals surface area contributed by atoms with Crippen LogP contribution in [0.5, 0.6) is 11.5 Å². The summed E-state index contributed by atoms with van der Waals surface area (Å²) in [5.41, 5.74) is 1.71. The van der Waals surface area contributed by atoms with Gasteiger partial charge in [-0.1, -0.05) is 30.3 Å². The molecule has 3 aromatic rings. The number of carbonyl (C=O) groups is 1. The van der Waals surface area contributed by atoms with Crippen molar-refractivity contribution in [2.45, 2.75) is 6.61 Å². The smallest absolute Gasteiger partial charge is 0.171 e. The lowest BCUT2D eigenvalue weighted by Gasteiger charge is -2.17. The largest absolute Gasteiger partial charge is 0.492 e. The van der Waals surface area contributed by atoms with E-state index < -0.39 is 11.6 Å². The molecule has 0 heterocycles. The maximum absolute atomic E-state index is 14.3. The molecule has 0 radical (unpaired) electrons. The molecule has 0 aliphatic carbocycles. The van der Waals surface area contributed by atoms with Crippen LogP contribution in [0.3, 0.4) is 0 Å². The van der Waals surface area contributed by atoms with Gasteiger partial charge in [0, 0.05) is 17.2 Å². The van der Waals surface area contributed by atoms with Crippen molar-refractivity contribution in [3.05, 3.63) is 83.4 Å². The van der Waals surface area contributed by atoms with Gasteiger partial charge in [-0.3, -0.25) is 4.79 Å². The molecule has 3 rings (SSSR count). The van der Waals surface area contributed by atoms with Gasteiger partial charge in [-0.05, 0) is 29.8 Å². The Balaban J connectivity index is 2.09. The number of carbonyl (C=O) groups excluding carboxylic acids is 1. The van der Waals surface area contributed by atoms with Gasteiger partial charge in [-0.2, -0.15) is 0 Å². The molecular formula is C21H16F2O3. The zero-order valence-electron chi connectivity index (χ0n) is 14.0. The van der Waals surface area contributed by atoms with Gasteiger partial charge in [0.1, 0.15) is 18.2 Å². The van der Waals surface area contributed by atoms with Crippen molar-refractivity contribution in [2.75, 3.05) is 7.11 Å². The summed E-state index contributed by atoms with van der Waals surface area (Å²) in [7, 11) is 1.41. The van der Waals surface area contributed by atoms with Crippen molar-refractivity contribution in [3.63, 3.8) is 0 Å². The third kappa shape index (κ3) is 3.57. The molecule has 0 spiro atoms. The van der Waals surface area contributed by atoms with Gasteiger partial charge in [0.2, 0.25) is 0 Å². The molecule has 0 saturated carbocycles. The van der Waals surface area contributed by atoms with E-state index in [-0.39, 0.29) is 29.2 Å². The van der Waals surface area contributed by atoms with E-state index in [4.69, 9.17) is 9.47 Å². The van der Waals surface area contributed by atoms with Crippen molar-refractivity contribution in [1.82, 2.24) is 0 Å². The van der Waals surface area contributed by atoms with E-state index in [1.165, 1.54) is 25.3 Å². The molecule has 0 saturated heterocycles. The molecule has 0 atom stereocenters. The third-order valence-corrected chi connectivity index (χ3v) is 3.92. The molecule has 3 nitrogen and oxygen atoms in total.